The number of nitrogens with one attached hydrogen (secondary N) is 1. The first-order chi connectivity index (χ1) is 12.8. The van der Waals surface area contributed by atoms with Crippen molar-refractivity contribution in [3.8, 4) is 5.75 Å². The molecule has 0 aliphatic carbocycles. The number of benzene rings is 1. The smallest absolute Gasteiger partial charge is 0.322 e. The average molecular weight is 373 g/mol. The van der Waals surface area contributed by atoms with E-state index in [0.29, 0.717) is 34.8 Å². The van der Waals surface area contributed by atoms with Crippen molar-refractivity contribution < 1.29 is 18.8 Å². The molecule has 1 aliphatic rings. The van der Waals surface area contributed by atoms with E-state index in [1.54, 1.807) is 32.3 Å². The molecule has 9 nitrogen and oxygen atoms in total. The first-order valence-electron chi connectivity index (χ1n) is 8.70. The number of hydrogen-bond donors (Lipinski definition) is 1. The summed E-state index contributed by atoms with van der Waals surface area (Å²) in [7, 11) is 3.33. The molecule has 2 heterocycles. The van der Waals surface area contributed by atoms with Gasteiger partial charge < -0.3 is 24.4 Å². The highest BCUT2D eigenvalue weighted by Crippen LogP contribution is 2.33. The number of urea groups is 1. The van der Waals surface area contributed by atoms with Crippen LogP contribution in [0.4, 0.5) is 16.2 Å². The summed E-state index contributed by atoms with van der Waals surface area (Å²) in [5, 5.41) is 6.71. The van der Waals surface area contributed by atoms with Gasteiger partial charge in [-0.25, -0.2) is 4.79 Å². The van der Waals surface area contributed by atoms with Crippen molar-refractivity contribution in [1.29, 1.82) is 0 Å². The maximum absolute atomic E-state index is 12.4. The summed E-state index contributed by atoms with van der Waals surface area (Å²) in [5.41, 5.74) is 1.24. The zero-order valence-corrected chi connectivity index (χ0v) is 15.9. The molecule has 27 heavy (non-hydrogen) atoms. The monoisotopic (exact) mass is 373 g/mol. The zero-order chi connectivity index (χ0) is 19.6. The molecule has 0 saturated heterocycles. The van der Waals surface area contributed by atoms with Crippen LogP contribution in [0, 0.1) is 5.92 Å². The Bertz CT molecular complexity index is 848. The minimum Gasteiger partial charge on any atom is -0.481 e. The molecule has 9 heteroatoms. The number of rotatable bonds is 5. The van der Waals surface area contributed by atoms with Gasteiger partial charge in [0, 0.05) is 32.3 Å². The van der Waals surface area contributed by atoms with Crippen molar-refractivity contribution in [2.75, 3.05) is 30.9 Å². The second kappa shape index (κ2) is 7.65. The number of anilines is 2. The number of hydrogen-bond acceptors (Lipinski definition) is 6. The summed E-state index contributed by atoms with van der Waals surface area (Å²) in [6, 6.07) is 4.82. The first kappa shape index (κ1) is 18.7. The van der Waals surface area contributed by atoms with Crippen LogP contribution in [0.15, 0.2) is 22.7 Å². The lowest BCUT2D eigenvalue weighted by molar-refractivity contribution is -0.120. The van der Waals surface area contributed by atoms with Crippen LogP contribution in [0.3, 0.4) is 0 Å². The summed E-state index contributed by atoms with van der Waals surface area (Å²) in [5.74, 6) is 1.89. The molecule has 0 unspecified atom stereocenters. The van der Waals surface area contributed by atoms with E-state index in [4.69, 9.17) is 9.26 Å². The van der Waals surface area contributed by atoms with Crippen molar-refractivity contribution in [2.24, 2.45) is 5.92 Å². The van der Waals surface area contributed by atoms with Crippen molar-refractivity contribution >= 4 is 23.3 Å². The Hall–Kier alpha value is -3.10. The van der Waals surface area contributed by atoms with E-state index in [2.05, 4.69) is 29.3 Å². The number of carbonyl (C=O) groups is 2. The molecule has 0 atom stereocenters. The minimum atomic E-state index is -0.321. The van der Waals surface area contributed by atoms with Crippen LogP contribution in [-0.4, -0.2) is 47.7 Å². The summed E-state index contributed by atoms with van der Waals surface area (Å²) in [6.07, 6.45) is 0.728. The van der Waals surface area contributed by atoms with Gasteiger partial charge in [0.25, 0.3) is 5.91 Å². The van der Waals surface area contributed by atoms with E-state index in [0.717, 1.165) is 6.42 Å². The van der Waals surface area contributed by atoms with E-state index >= 15 is 0 Å². The summed E-state index contributed by atoms with van der Waals surface area (Å²) < 4.78 is 10.6. The number of nitrogens with zero attached hydrogens (tertiary/aromatic N) is 4. The Kier molecular flexibility index (Phi) is 5.29. The van der Waals surface area contributed by atoms with Crippen LogP contribution in [0.2, 0.25) is 0 Å². The highest BCUT2D eigenvalue weighted by molar-refractivity contribution is 5.98. The van der Waals surface area contributed by atoms with Gasteiger partial charge >= 0.3 is 6.03 Å². The van der Waals surface area contributed by atoms with E-state index in [-0.39, 0.29) is 25.1 Å². The molecule has 0 spiro atoms. The molecule has 0 radical (unpaired) electrons. The molecular weight excluding hydrogens is 350 g/mol. The van der Waals surface area contributed by atoms with Gasteiger partial charge in [-0.2, -0.15) is 4.98 Å². The molecule has 2 aromatic rings. The third-order valence-electron chi connectivity index (χ3n) is 4.12. The highest BCUT2D eigenvalue weighted by atomic mass is 16.5. The molecule has 0 saturated carbocycles. The Balaban J connectivity index is 1.61. The largest absolute Gasteiger partial charge is 0.481 e. The molecule has 1 aromatic carbocycles. The molecule has 0 fully saturated rings. The minimum absolute atomic E-state index is 0.0172. The fourth-order valence-electron chi connectivity index (χ4n) is 2.65. The van der Waals surface area contributed by atoms with Crippen LogP contribution in [0.25, 0.3) is 0 Å². The first-order valence-corrected chi connectivity index (χ1v) is 8.70. The molecular formula is C18H23N5O4. The van der Waals surface area contributed by atoms with Crippen molar-refractivity contribution in [3.05, 3.63) is 29.9 Å². The summed E-state index contributed by atoms with van der Waals surface area (Å²) in [6.45, 7) is 4.34. The second-order valence-corrected chi connectivity index (χ2v) is 6.91. The van der Waals surface area contributed by atoms with E-state index in [9.17, 15) is 9.59 Å². The highest BCUT2D eigenvalue weighted by Gasteiger charge is 2.23. The van der Waals surface area contributed by atoms with Gasteiger partial charge in [-0.05, 0) is 18.1 Å². The van der Waals surface area contributed by atoms with Crippen molar-refractivity contribution in [1.82, 2.24) is 15.0 Å². The summed E-state index contributed by atoms with van der Waals surface area (Å²) in [4.78, 5) is 31.3. The lowest BCUT2D eigenvalue weighted by atomic mass is 10.1. The number of aromatic nitrogens is 2. The van der Waals surface area contributed by atoms with Crippen LogP contribution in [-0.2, 0) is 17.8 Å². The van der Waals surface area contributed by atoms with Crippen LogP contribution < -0.4 is 15.0 Å². The Morgan fingerprint density at radius 2 is 2.19 bits per heavy atom. The van der Waals surface area contributed by atoms with Crippen molar-refractivity contribution in [2.45, 2.75) is 26.8 Å². The fraction of sp³-hybridized carbons (Fsp3) is 0.444. The third kappa shape index (κ3) is 4.36. The van der Waals surface area contributed by atoms with Gasteiger partial charge in [0.15, 0.2) is 12.4 Å². The number of ether oxygens (including phenoxy) is 1. The van der Waals surface area contributed by atoms with E-state index < -0.39 is 0 Å². The lowest BCUT2D eigenvalue weighted by Gasteiger charge is -2.26. The number of fused-ring (bicyclic) bond motifs is 1. The normalized spacial score (nSPS) is 13.4. The predicted molar refractivity (Wildman–Crippen MR) is 98.7 cm³/mol. The lowest BCUT2D eigenvalue weighted by Crippen LogP contribution is -2.35. The number of carbonyl (C=O) groups excluding carboxylic acids is 2. The Labute approximate surface area is 157 Å². The number of amides is 3. The second-order valence-electron chi connectivity index (χ2n) is 6.91. The van der Waals surface area contributed by atoms with Gasteiger partial charge in [0.2, 0.25) is 5.89 Å². The molecule has 3 amide bonds. The summed E-state index contributed by atoms with van der Waals surface area (Å²) >= 11 is 0. The zero-order valence-electron chi connectivity index (χ0n) is 15.9. The fourth-order valence-corrected chi connectivity index (χ4v) is 2.65. The third-order valence-corrected chi connectivity index (χ3v) is 4.12. The standard InChI is InChI=1S/C18H23N5O4/c1-11(2)7-15-20-16(27-21-15)9-22(3)18(25)19-12-5-6-13-14(8-12)26-10-17(24)23(13)4/h5-6,8,11H,7,9-10H2,1-4H3,(H,19,25). The van der Waals surface area contributed by atoms with Crippen molar-refractivity contribution in [3.63, 3.8) is 0 Å². The van der Waals surface area contributed by atoms with Gasteiger partial charge in [-0.3, -0.25) is 4.79 Å². The Morgan fingerprint density at radius 3 is 2.93 bits per heavy atom. The topological polar surface area (TPSA) is 101 Å². The molecule has 1 N–H and O–H groups in total. The maximum Gasteiger partial charge on any atom is 0.322 e. The number of likely N-dealkylation sites (N-methyl/N-ethyl adjacent to an activating group) is 1. The molecule has 144 valence electrons. The average Bonchev–Trinajstić information content (AvgIpc) is 3.04. The van der Waals surface area contributed by atoms with E-state index in [1.165, 1.54) is 9.80 Å². The maximum atomic E-state index is 12.4. The molecule has 0 bridgehead atoms. The van der Waals surface area contributed by atoms with Gasteiger partial charge in [0.05, 0.1) is 5.69 Å². The Morgan fingerprint density at radius 1 is 1.41 bits per heavy atom. The van der Waals surface area contributed by atoms with E-state index in [1.807, 2.05) is 0 Å². The SMILES string of the molecule is CC(C)Cc1noc(CN(C)C(=O)Nc2ccc3c(c2)OCC(=O)N3C)n1. The molecule has 1 aromatic heterocycles. The van der Waals surface area contributed by atoms with Gasteiger partial charge in [-0.1, -0.05) is 19.0 Å². The van der Waals surface area contributed by atoms with Crippen LogP contribution in [0.5, 0.6) is 5.75 Å². The van der Waals surface area contributed by atoms with Crippen LogP contribution >= 0.6 is 0 Å². The quantitative estimate of drug-likeness (QED) is 0.863. The van der Waals surface area contributed by atoms with Gasteiger partial charge in [0.1, 0.15) is 12.3 Å². The molecule has 3 rings (SSSR count). The van der Waals surface area contributed by atoms with Gasteiger partial charge in [-0.15, -0.1) is 0 Å². The molecule has 1 aliphatic heterocycles. The predicted octanol–water partition coefficient (Wildman–Crippen LogP) is 2.29. The van der Waals surface area contributed by atoms with Crippen LogP contribution in [0.1, 0.15) is 25.6 Å².